The van der Waals surface area contributed by atoms with Gasteiger partial charge in [0.05, 0.1) is 6.17 Å². The molecule has 1 rings (SSSR count). The summed E-state index contributed by atoms with van der Waals surface area (Å²) in [5, 5.41) is 0. The van der Waals surface area contributed by atoms with E-state index in [1.807, 2.05) is 0 Å². The van der Waals surface area contributed by atoms with Crippen LogP contribution in [0.2, 0.25) is 0 Å². The van der Waals surface area contributed by atoms with Gasteiger partial charge in [-0.05, 0) is 38.3 Å². The first kappa shape index (κ1) is 18.0. The molecule has 0 saturated carbocycles. The molecule has 2 nitrogen and oxygen atoms in total. The average Bonchev–Trinajstić information content (AvgIpc) is 2.87. The largest absolute Gasteiger partial charge is 0.286 e. The Hall–Kier alpha value is -0.0800. The topological polar surface area (TPSA) is 6.48 Å². The van der Waals surface area contributed by atoms with E-state index in [0.29, 0.717) is 0 Å². The Labute approximate surface area is 127 Å². The molecule has 1 unspecified atom stereocenters. The van der Waals surface area contributed by atoms with E-state index in [2.05, 4.69) is 37.5 Å². The van der Waals surface area contributed by atoms with Crippen molar-refractivity contribution in [1.82, 2.24) is 9.80 Å². The molecule has 0 radical (unpaired) electrons. The number of unbranched alkanes of at least 4 members (excludes halogenated alkanes) is 3. The van der Waals surface area contributed by atoms with Crippen LogP contribution in [-0.4, -0.2) is 42.1 Å². The number of hydrogen-bond donors (Lipinski definition) is 0. The van der Waals surface area contributed by atoms with Gasteiger partial charge in [0, 0.05) is 13.1 Å². The molecule has 1 heterocycles. The fraction of sp³-hybridized carbons (Fsp3) is 1.00. The van der Waals surface area contributed by atoms with Crippen LogP contribution in [0.4, 0.5) is 0 Å². The molecule has 1 aliphatic heterocycles. The number of rotatable bonds is 11. The summed E-state index contributed by atoms with van der Waals surface area (Å²) in [7, 11) is 0. The molecule has 1 saturated heterocycles. The second-order valence-corrected chi connectivity index (χ2v) is 6.50. The van der Waals surface area contributed by atoms with Crippen LogP contribution in [0.3, 0.4) is 0 Å². The van der Waals surface area contributed by atoms with Crippen LogP contribution in [0.15, 0.2) is 0 Å². The van der Waals surface area contributed by atoms with E-state index in [1.54, 1.807) is 0 Å². The molecule has 20 heavy (non-hydrogen) atoms. The summed E-state index contributed by atoms with van der Waals surface area (Å²) >= 11 is 0. The van der Waals surface area contributed by atoms with E-state index in [0.717, 1.165) is 12.1 Å². The third-order valence-electron chi connectivity index (χ3n) is 4.89. The minimum Gasteiger partial charge on any atom is -0.286 e. The molecule has 0 amide bonds. The highest BCUT2D eigenvalue weighted by Crippen LogP contribution is 2.28. The summed E-state index contributed by atoms with van der Waals surface area (Å²) in [5.41, 5.74) is 0. The lowest BCUT2D eigenvalue weighted by atomic mass is 9.94. The molecule has 1 fully saturated rings. The fourth-order valence-electron chi connectivity index (χ4n) is 3.59. The van der Waals surface area contributed by atoms with Crippen LogP contribution in [0.1, 0.15) is 79.1 Å². The van der Waals surface area contributed by atoms with E-state index in [9.17, 15) is 0 Å². The second kappa shape index (κ2) is 10.6. The van der Waals surface area contributed by atoms with E-state index in [1.165, 1.54) is 77.5 Å². The molecule has 0 spiro atoms. The Morgan fingerprint density at radius 3 is 1.70 bits per heavy atom. The van der Waals surface area contributed by atoms with Gasteiger partial charge in [0.2, 0.25) is 0 Å². The van der Waals surface area contributed by atoms with Gasteiger partial charge < -0.3 is 0 Å². The Bertz CT molecular complexity index is 213. The van der Waals surface area contributed by atoms with Gasteiger partial charge in [-0.3, -0.25) is 9.80 Å². The normalized spacial score (nSPS) is 19.8. The minimum atomic E-state index is 0.740. The molecule has 0 aromatic heterocycles. The minimum absolute atomic E-state index is 0.740. The highest BCUT2D eigenvalue weighted by Gasteiger charge is 2.35. The van der Waals surface area contributed by atoms with Gasteiger partial charge >= 0.3 is 0 Å². The van der Waals surface area contributed by atoms with Crippen molar-refractivity contribution in [3.05, 3.63) is 0 Å². The number of nitrogens with zero attached hydrogens (tertiary/aromatic N) is 2. The van der Waals surface area contributed by atoms with Gasteiger partial charge in [0.15, 0.2) is 0 Å². The third-order valence-corrected chi connectivity index (χ3v) is 4.89. The Kier molecular flexibility index (Phi) is 9.54. The summed E-state index contributed by atoms with van der Waals surface area (Å²) < 4.78 is 0. The standard InChI is InChI=1S/C18H38N2/c1-5-9-12-17(8-4)18-19(13-10-6-2)15-16-20(18)14-11-7-3/h17-18H,5-16H2,1-4H3. The lowest BCUT2D eigenvalue weighted by Crippen LogP contribution is -2.45. The van der Waals surface area contributed by atoms with Gasteiger partial charge in [-0.25, -0.2) is 0 Å². The molecule has 0 N–H and O–H groups in total. The van der Waals surface area contributed by atoms with E-state index >= 15 is 0 Å². The van der Waals surface area contributed by atoms with Crippen molar-refractivity contribution in [2.24, 2.45) is 5.92 Å². The van der Waals surface area contributed by atoms with Crippen molar-refractivity contribution in [2.75, 3.05) is 26.2 Å². The molecular formula is C18H38N2. The smallest absolute Gasteiger partial charge is 0.0652 e. The molecule has 1 atom stereocenters. The van der Waals surface area contributed by atoms with Crippen molar-refractivity contribution in [1.29, 1.82) is 0 Å². The molecule has 0 bridgehead atoms. The Morgan fingerprint density at radius 2 is 1.30 bits per heavy atom. The highest BCUT2D eigenvalue weighted by atomic mass is 15.4. The lowest BCUT2D eigenvalue weighted by Gasteiger charge is -2.36. The van der Waals surface area contributed by atoms with Crippen LogP contribution < -0.4 is 0 Å². The van der Waals surface area contributed by atoms with Crippen molar-refractivity contribution < 1.29 is 0 Å². The first-order valence-electron chi connectivity index (χ1n) is 9.26. The van der Waals surface area contributed by atoms with Crippen LogP contribution in [-0.2, 0) is 0 Å². The highest BCUT2D eigenvalue weighted by molar-refractivity contribution is 4.86. The second-order valence-electron chi connectivity index (χ2n) is 6.50. The summed E-state index contributed by atoms with van der Waals surface area (Å²) in [6.07, 6.45) is 11.6. The van der Waals surface area contributed by atoms with Gasteiger partial charge in [-0.15, -0.1) is 0 Å². The van der Waals surface area contributed by atoms with E-state index in [4.69, 9.17) is 0 Å². The van der Waals surface area contributed by atoms with Crippen LogP contribution in [0.5, 0.6) is 0 Å². The maximum Gasteiger partial charge on any atom is 0.0652 e. The Morgan fingerprint density at radius 1 is 0.800 bits per heavy atom. The summed E-state index contributed by atoms with van der Waals surface area (Å²) in [5.74, 6) is 0.881. The SMILES string of the molecule is CCCCC(CC)C1N(CCCC)CCN1CCCC. The average molecular weight is 283 g/mol. The Balaban J connectivity index is 2.65. The molecule has 0 aliphatic carbocycles. The van der Waals surface area contributed by atoms with Crippen molar-refractivity contribution in [2.45, 2.75) is 85.2 Å². The monoisotopic (exact) mass is 282 g/mol. The molecule has 2 heteroatoms. The van der Waals surface area contributed by atoms with E-state index < -0.39 is 0 Å². The molecule has 0 aromatic carbocycles. The van der Waals surface area contributed by atoms with Crippen LogP contribution in [0, 0.1) is 5.92 Å². The molecular weight excluding hydrogens is 244 g/mol. The fourth-order valence-corrected chi connectivity index (χ4v) is 3.59. The first-order chi connectivity index (χ1) is 9.78. The van der Waals surface area contributed by atoms with Gasteiger partial charge in [0.25, 0.3) is 0 Å². The molecule has 0 aromatic rings. The van der Waals surface area contributed by atoms with E-state index in [-0.39, 0.29) is 0 Å². The zero-order valence-corrected chi connectivity index (χ0v) is 14.5. The van der Waals surface area contributed by atoms with Crippen LogP contribution >= 0.6 is 0 Å². The summed E-state index contributed by atoms with van der Waals surface area (Å²) in [4.78, 5) is 5.59. The predicted octanol–water partition coefficient (Wildman–Crippen LogP) is 4.75. The zero-order chi connectivity index (χ0) is 14.8. The van der Waals surface area contributed by atoms with Gasteiger partial charge in [-0.2, -0.15) is 0 Å². The molecule has 120 valence electrons. The van der Waals surface area contributed by atoms with Crippen molar-refractivity contribution >= 4 is 0 Å². The van der Waals surface area contributed by atoms with Gasteiger partial charge in [0.1, 0.15) is 0 Å². The summed E-state index contributed by atoms with van der Waals surface area (Å²) in [6, 6.07) is 0. The molecule has 1 aliphatic rings. The van der Waals surface area contributed by atoms with Crippen molar-refractivity contribution in [3.63, 3.8) is 0 Å². The number of hydrogen-bond acceptors (Lipinski definition) is 2. The first-order valence-corrected chi connectivity index (χ1v) is 9.26. The quantitative estimate of drug-likeness (QED) is 0.540. The maximum absolute atomic E-state index is 2.79. The lowest BCUT2D eigenvalue weighted by molar-refractivity contribution is 0.0685. The predicted molar refractivity (Wildman–Crippen MR) is 90.1 cm³/mol. The summed E-state index contributed by atoms with van der Waals surface area (Å²) in [6.45, 7) is 14.6. The van der Waals surface area contributed by atoms with Gasteiger partial charge in [-0.1, -0.05) is 59.8 Å². The maximum atomic E-state index is 2.79. The van der Waals surface area contributed by atoms with Crippen molar-refractivity contribution in [3.8, 4) is 0 Å². The van der Waals surface area contributed by atoms with Crippen LogP contribution in [0.25, 0.3) is 0 Å². The zero-order valence-electron chi connectivity index (χ0n) is 14.5. The third kappa shape index (κ3) is 5.37.